The van der Waals surface area contributed by atoms with E-state index in [1.165, 1.54) is 18.4 Å². The first-order valence-corrected chi connectivity index (χ1v) is 6.28. The van der Waals surface area contributed by atoms with Crippen molar-refractivity contribution < 1.29 is 9.47 Å². The minimum Gasteiger partial charge on any atom is -0.497 e. The van der Waals surface area contributed by atoms with E-state index in [2.05, 4.69) is 17.4 Å². The Labute approximate surface area is 103 Å². The van der Waals surface area contributed by atoms with Gasteiger partial charge in [0.1, 0.15) is 5.75 Å². The zero-order chi connectivity index (χ0) is 12.1. The summed E-state index contributed by atoms with van der Waals surface area (Å²) >= 11 is 0. The number of hydrogen-bond acceptors (Lipinski definition) is 3. The van der Waals surface area contributed by atoms with E-state index < -0.39 is 0 Å². The van der Waals surface area contributed by atoms with Crippen LogP contribution < -0.4 is 10.1 Å². The van der Waals surface area contributed by atoms with E-state index in [4.69, 9.17) is 9.47 Å². The lowest BCUT2D eigenvalue weighted by Gasteiger charge is -2.30. The van der Waals surface area contributed by atoms with Crippen LogP contribution in [0.5, 0.6) is 5.75 Å². The molecule has 0 radical (unpaired) electrons. The normalized spacial score (nSPS) is 22.1. The first-order chi connectivity index (χ1) is 8.35. The molecule has 1 N–H and O–H groups in total. The maximum absolute atomic E-state index is 5.86. The fourth-order valence-corrected chi connectivity index (χ4v) is 2.43. The zero-order valence-electron chi connectivity index (χ0n) is 10.6. The van der Waals surface area contributed by atoms with Gasteiger partial charge in [0.05, 0.1) is 19.3 Å². The third-order valence-corrected chi connectivity index (χ3v) is 3.35. The summed E-state index contributed by atoms with van der Waals surface area (Å²) in [5.74, 6) is 0.901. The SMILES string of the molecule is CNC(c1cccc(OC)c1)C1CCCCO1. The van der Waals surface area contributed by atoms with Gasteiger partial charge in [-0.3, -0.25) is 0 Å². The summed E-state index contributed by atoms with van der Waals surface area (Å²) in [4.78, 5) is 0. The molecule has 2 rings (SSSR count). The Morgan fingerprint density at radius 1 is 1.41 bits per heavy atom. The Morgan fingerprint density at radius 3 is 2.94 bits per heavy atom. The van der Waals surface area contributed by atoms with Crippen LogP contribution in [0.25, 0.3) is 0 Å². The Morgan fingerprint density at radius 2 is 2.29 bits per heavy atom. The van der Waals surface area contributed by atoms with E-state index in [9.17, 15) is 0 Å². The monoisotopic (exact) mass is 235 g/mol. The molecule has 0 bridgehead atoms. The maximum Gasteiger partial charge on any atom is 0.119 e. The summed E-state index contributed by atoms with van der Waals surface area (Å²) < 4.78 is 11.1. The summed E-state index contributed by atoms with van der Waals surface area (Å²) in [6.07, 6.45) is 3.85. The second-order valence-electron chi connectivity index (χ2n) is 4.45. The highest BCUT2D eigenvalue weighted by Gasteiger charge is 2.24. The van der Waals surface area contributed by atoms with Crippen LogP contribution in [0, 0.1) is 0 Å². The molecule has 1 aliphatic heterocycles. The molecule has 1 aromatic carbocycles. The lowest BCUT2D eigenvalue weighted by atomic mass is 9.96. The van der Waals surface area contributed by atoms with Crippen LogP contribution in [0.3, 0.4) is 0 Å². The summed E-state index contributed by atoms with van der Waals surface area (Å²) in [6, 6.07) is 8.46. The average molecular weight is 235 g/mol. The predicted octanol–water partition coefficient (Wildman–Crippen LogP) is 2.52. The number of rotatable bonds is 4. The van der Waals surface area contributed by atoms with Gasteiger partial charge in [-0.1, -0.05) is 12.1 Å². The van der Waals surface area contributed by atoms with Gasteiger partial charge in [-0.15, -0.1) is 0 Å². The van der Waals surface area contributed by atoms with Gasteiger partial charge >= 0.3 is 0 Å². The second kappa shape index (κ2) is 6.03. The van der Waals surface area contributed by atoms with Crippen molar-refractivity contribution in [2.45, 2.75) is 31.4 Å². The molecule has 94 valence electrons. The van der Waals surface area contributed by atoms with Crippen molar-refractivity contribution in [2.75, 3.05) is 20.8 Å². The number of nitrogens with one attached hydrogen (secondary N) is 1. The third-order valence-electron chi connectivity index (χ3n) is 3.35. The minimum absolute atomic E-state index is 0.255. The summed E-state index contributed by atoms with van der Waals surface area (Å²) in [6.45, 7) is 0.882. The van der Waals surface area contributed by atoms with Gasteiger partial charge in [0.15, 0.2) is 0 Å². The molecule has 0 amide bonds. The molecule has 0 spiro atoms. The number of ether oxygens (including phenoxy) is 2. The van der Waals surface area contributed by atoms with Crippen LogP contribution in [0.1, 0.15) is 30.9 Å². The molecule has 1 saturated heterocycles. The van der Waals surface area contributed by atoms with Crippen LogP contribution in [0.2, 0.25) is 0 Å². The van der Waals surface area contributed by atoms with Crippen LogP contribution in [-0.2, 0) is 4.74 Å². The second-order valence-corrected chi connectivity index (χ2v) is 4.45. The Balaban J connectivity index is 2.15. The number of hydrogen-bond donors (Lipinski definition) is 1. The van der Waals surface area contributed by atoms with Gasteiger partial charge in [-0.2, -0.15) is 0 Å². The van der Waals surface area contributed by atoms with Crippen LogP contribution in [-0.4, -0.2) is 26.9 Å². The molecule has 17 heavy (non-hydrogen) atoms. The largest absolute Gasteiger partial charge is 0.497 e. The van der Waals surface area contributed by atoms with Crippen molar-refractivity contribution >= 4 is 0 Å². The fourth-order valence-electron chi connectivity index (χ4n) is 2.43. The molecule has 2 atom stereocenters. The molecule has 1 aliphatic rings. The standard InChI is InChI=1S/C14H21NO2/c1-15-14(13-8-3-4-9-17-13)11-6-5-7-12(10-11)16-2/h5-7,10,13-15H,3-4,8-9H2,1-2H3. The van der Waals surface area contributed by atoms with Crippen molar-refractivity contribution in [1.82, 2.24) is 5.32 Å². The quantitative estimate of drug-likeness (QED) is 0.870. The van der Waals surface area contributed by atoms with Crippen LogP contribution in [0.4, 0.5) is 0 Å². The smallest absolute Gasteiger partial charge is 0.119 e. The molecule has 0 aliphatic carbocycles. The Kier molecular flexibility index (Phi) is 4.40. The molecule has 1 fully saturated rings. The van der Waals surface area contributed by atoms with Gasteiger partial charge in [0.2, 0.25) is 0 Å². The molecule has 3 heteroatoms. The van der Waals surface area contributed by atoms with Gasteiger partial charge in [-0.25, -0.2) is 0 Å². The van der Waals surface area contributed by atoms with Crippen molar-refractivity contribution in [1.29, 1.82) is 0 Å². The highest BCUT2D eigenvalue weighted by atomic mass is 16.5. The summed E-state index contributed by atoms with van der Waals surface area (Å²) in [7, 11) is 3.69. The van der Waals surface area contributed by atoms with Gasteiger partial charge in [0.25, 0.3) is 0 Å². The predicted molar refractivity (Wildman–Crippen MR) is 68.4 cm³/mol. The van der Waals surface area contributed by atoms with Gasteiger partial charge in [-0.05, 0) is 44.0 Å². The molecule has 1 aromatic rings. The highest BCUT2D eigenvalue weighted by Crippen LogP contribution is 2.28. The average Bonchev–Trinajstić information content (AvgIpc) is 2.41. The van der Waals surface area contributed by atoms with Gasteiger partial charge in [0, 0.05) is 6.61 Å². The van der Waals surface area contributed by atoms with Crippen LogP contribution >= 0.6 is 0 Å². The maximum atomic E-state index is 5.86. The van der Waals surface area contributed by atoms with Crippen molar-refractivity contribution in [3.8, 4) is 5.75 Å². The number of benzene rings is 1. The lowest BCUT2D eigenvalue weighted by molar-refractivity contribution is -0.00664. The molecule has 0 aromatic heterocycles. The molecule has 0 saturated carbocycles. The molecule has 2 unspecified atom stereocenters. The fraction of sp³-hybridized carbons (Fsp3) is 0.571. The van der Waals surface area contributed by atoms with E-state index in [-0.39, 0.29) is 12.1 Å². The van der Waals surface area contributed by atoms with Gasteiger partial charge < -0.3 is 14.8 Å². The van der Waals surface area contributed by atoms with E-state index in [0.29, 0.717) is 0 Å². The topological polar surface area (TPSA) is 30.5 Å². The van der Waals surface area contributed by atoms with E-state index in [1.54, 1.807) is 7.11 Å². The number of methoxy groups -OCH3 is 1. The first kappa shape index (κ1) is 12.4. The van der Waals surface area contributed by atoms with Crippen LogP contribution in [0.15, 0.2) is 24.3 Å². The van der Waals surface area contributed by atoms with Crippen molar-refractivity contribution in [3.05, 3.63) is 29.8 Å². The molecular weight excluding hydrogens is 214 g/mol. The lowest BCUT2D eigenvalue weighted by Crippen LogP contribution is -2.34. The Bertz CT molecular complexity index is 348. The minimum atomic E-state index is 0.255. The third kappa shape index (κ3) is 2.99. The zero-order valence-corrected chi connectivity index (χ0v) is 10.6. The highest BCUT2D eigenvalue weighted by molar-refractivity contribution is 5.31. The van der Waals surface area contributed by atoms with E-state index in [0.717, 1.165) is 18.8 Å². The first-order valence-electron chi connectivity index (χ1n) is 6.28. The number of likely N-dealkylation sites (N-methyl/N-ethyl adjacent to an activating group) is 1. The van der Waals surface area contributed by atoms with E-state index in [1.807, 2.05) is 19.2 Å². The molecule has 3 nitrogen and oxygen atoms in total. The summed E-state index contributed by atoms with van der Waals surface area (Å²) in [5.41, 5.74) is 1.23. The van der Waals surface area contributed by atoms with Crippen molar-refractivity contribution in [2.24, 2.45) is 0 Å². The van der Waals surface area contributed by atoms with Crippen molar-refractivity contribution in [3.63, 3.8) is 0 Å². The van der Waals surface area contributed by atoms with E-state index >= 15 is 0 Å². The summed E-state index contributed by atoms with van der Waals surface area (Å²) in [5, 5.41) is 3.36. The Hall–Kier alpha value is -1.06. The molecular formula is C14H21NO2. The molecule has 1 heterocycles.